The SMILES string of the molecule is CN(C(=O)Cl)C1CCCCC1c1ccccc1. The zero-order valence-corrected chi connectivity index (χ0v) is 10.9. The van der Waals surface area contributed by atoms with Gasteiger partial charge in [0.05, 0.1) is 0 Å². The number of nitrogens with zero attached hydrogens (tertiary/aromatic N) is 1. The van der Waals surface area contributed by atoms with E-state index in [9.17, 15) is 4.79 Å². The maximum atomic E-state index is 11.3. The van der Waals surface area contributed by atoms with Gasteiger partial charge in [-0.1, -0.05) is 43.2 Å². The average Bonchev–Trinajstić information content (AvgIpc) is 2.39. The van der Waals surface area contributed by atoms with Crippen LogP contribution >= 0.6 is 11.6 Å². The molecule has 1 aliphatic rings. The van der Waals surface area contributed by atoms with Gasteiger partial charge < -0.3 is 4.90 Å². The second-order valence-electron chi connectivity index (χ2n) is 4.73. The number of halogens is 1. The van der Waals surface area contributed by atoms with Crippen LogP contribution in [0.25, 0.3) is 0 Å². The van der Waals surface area contributed by atoms with Gasteiger partial charge in [0.15, 0.2) is 0 Å². The van der Waals surface area contributed by atoms with Crippen molar-refractivity contribution in [2.24, 2.45) is 0 Å². The molecule has 1 amide bonds. The van der Waals surface area contributed by atoms with Gasteiger partial charge in [0.1, 0.15) is 0 Å². The zero-order valence-electron chi connectivity index (χ0n) is 10.1. The van der Waals surface area contributed by atoms with Crippen LogP contribution < -0.4 is 0 Å². The standard InChI is InChI=1S/C14H18ClNO/c1-16(14(15)17)13-10-6-5-9-12(13)11-7-3-2-4-8-11/h2-4,7-8,12-13H,5-6,9-10H2,1H3. The molecule has 2 rings (SSSR count). The number of carbonyl (C=O) groups is 1. The summed E-state index contributed by atoms with van der Waals surface area (Å²) in [4.78, 5) is 13.0. The molecule has 0 saturated heterocycles. The van der Waals surface area contributed by atoms with Gasteiger partial charge >= 0.3 is 5.37 Å². The minimum Gasteiger partial charge on any atom is -0.329 e. The topological polar surface area (TPSA) is 20.3 Å². The van der Waals surface area contributed by atoms with Crippen LogP contribution in [-0.2, 0) is 0 Å². The number of hydrogen-bond donors (Lipinski definition) is 0. The fourth-order valence-electron chi connectivity index (χ4n) is 2.79. The highest BCUT2D eigenvalue weighted by atomic mass is 35.5. The Bertz CT molecular complexity index is 379. The minimum absolute atomic E-state index is 0.246. The number of hydrogen-bond acceptors (Lipinski definition) is 1. The van der Waals surface area contributed by atoms with Gasteiger partial charge in [0.2, 0.25) is 0 Å². The third kappa shape index (κ3) is 2.81. The van der Waals surface area contributed by atoms with Crippen LogP contribution in [0.4, 0.5) is 4.79 Å². The molecule has 92 valence electrons. The van der Waals surface area contributed by atoms with E-state index < -0.39 is 0 Å². The lowest BCUT2D eigenvalue weighted by atomic mass is 9.79. The highest BCUT2D eigenvalue weighted by molar-refractivity contribution is 6.62. The van der Waals surface area contributed by atoms with Gasteiger partial charge in [-0.05, 0) is 30.0 Å². The summed E-state index contributed by atoms with van der Waals surface area (Å²) in [5.41, 5.74) is 1.32. The van der Waals surface area contributed by atoms with E-state index in [1.165, 1.54) is 18.4 Å². The Kier molecular flexibility index (Phi) is 4.06. The van der Waals surface area contributed by atoms with Crippen molar-refractivity contribution in [2.75, 3.05) is 7.05 Å². The molecular formula is C14H18ClNO. The molecule has 0 heterocycles. The molecule has 17 heavy (non-hydrogen) atoms. The van der Waals surface area contributed by atoms with Crippen molar-refractivity contribution in [3.05, 3.63) is 35.9 Å². The Hall–Kier alpha value is -1.02. The smallest absolute Gasteiger partial charge is 0.316 e. The maximum absolute atomic E-state index is 11.3. The lowest BCUT2D eigenvalue weighted by Gasteiger charge is -2.37. The van der Waals surface area contributed by atoms with E-state index in [0.717, 1.165) is 12.8 Å². The fourth-order valence-corrected chi connectivity index (χ4v) is 2.92. The molecule has 0 bridgehead atoms. The van der Waals surface area contributed by atoms with Crippen molar-refractivity contribution in [2.45, 2.75) is 37.6 Å². The molecule has 3 heteroatoms. The second kappa shape index (κ2) is 5.54. The van der Waals surface area contributed by atoms with Crippen LogP contribution in [0.15, 0.2) is 30.3 Å². The molecule has 1 fully saturated rings. The molecule has 1 aromatic rings. The number of rotatable bonds is 2. The summed E-state index contributed by atoms with van der Waals surface area (Å²) in [6.45, 7) is 0. The van der Waals surface area contributed by atoms with Gasteiger partial charge in [-0.3, -0.25) is 4.79 Å². The highest BCUT2D eigenvalue weighted by Crippen LogP contribution is 2.35. The number of carbonyl (C=O) groups excluding carboxylic acids is 1. The summed E-state index contributed by atoms with van der Waals surface area (Å²) in [5.74, 6) is 0.428. The molecule has 0 N–H and O–H groups in total. The normalized spacial score (nSPS) is 24.4. The first-order valence-corrected chi connectivity index (χ1v) is 6.55. The van der Waals surface area contributed by atoms with E-state index in [0.29, 0.717) is 5.92 Å². The molecular weight excluding hydrogens is 234 g/mol. The summed E-state index contributed by atoms with van der Waals surface area (Å²) in [5, 5.41) is -0.349. The van der Waals surface area contributed by atoms with E-state index in [1.807, 2.05) is 6.07 Å². The van der Waals surface area contributed by atoms with Gasteiger partial charge in [-0.25, -0.2) is 0 Å². The molecule has 0 aliphatic heterocycles. The summed E-state index contributed by atoms with van der Waals surface area (Å²) in [6.07, 6.45) is 4.61. The van der Waals surface area contributed by atoms with Gasteiger partial charge in [-0.2, -0.15) is 0 Å². The lowest BCUT2D eigenvalue weighted by Crippen LogP contribution is -2.40. The molecule has 1 aliphatic carbocycles. The van der Waals surface area contributed by atoms with Gasteiger partial charge in [0.25, 0.3) is 0 Å². The van der Waals surface area contributed by atoms with E-state index in [1.54, 1.807) is 11.9 Å². The maximum Gasteiger partial charge on any atom is 0.316 e. The van der Waals surface area contributed by atoms with Crippen molar-refractivity contribution < 1.29 is 4.79 Å². The van der Waals surface area contributed by atoms with E-state index in [4.69, 9.17) is 11.6 Å². The van der Waals surface area contributed by atoms with Crippen molar-refractivity contribution in [3.8, 4) is 0 Å². The van der Waals surface area contributed by atoms with Crippen LogP contribution in [0, 0.1) is 0 Å². The molecule has 0 aromatic heterocycles. The van der Waals surface area contributed by atoms with E-state index in [-0.39, 0.29) is 11.4 Å². The summed E-state index contributed by atoms with van der Waals surface area (Å²) in [7, 11) is 1.81. The Morgan fingerprint density at radius 2 is 1.88 bits per heavy atom. The number of benzene rings is 1. The first-order valence-electron chi connectivity index (χ1n) is 6.17. The van der Waals surface area contributed by atoms with Gasteiger partial charge in [0, 0.05) is 19.0 Å². The van der Waals surface area contributed by atoms with E-state index in [2.05, 4.69) is 24.3 Å². The Morgan fingerprint density at radius 3 is 2.53 bits per heavy atom. The first kappa shape index (κ1) is 12.4. The Labute approximate surface area is 108 Å². The highest BCUT2D eigenvalue weighted by Gasteiger charge is 2.31. The first-order chi connectivity index (χ1) is 8.20. The van der Waals surface area contributed by atoms with Crippen LogP contribution in [0.1, 0.15) is 37.2 Å². The Balaban J connectivity index is 2.21. The van der Waals surface area contributed by atoms with Gasteiger partial charge in [-0.15, -0.1) is 0 Å². The third-order valence-electron chi connectivity index (χ3n) is 3.73. The molecule has 2 atom stereocenters. The van der Waals surface area contributed by atoms with Crippen LogP contribution in [0.5, 0.6) is 0 Å². The van der Waals surface area contributed by atoms with Crippen molar-refractivity contribution in [1.29, 1.82) is 0 Å². The van der Waals surface area contributed by atoms with Crippen molar-refractivity contribution in [3.63, 3.8) is 0 Å². The Morgan fingerprint density at radius 1 is 1.24 bits per heavy atom. The second-order valence-corrected chi connectivity index (χ2v) is 5.06. The molecule has 1 saturated carbocycles. The monoisotopic (exact) mass is 251 g/mol. The number of amides is 1. The van der Waals surface area contributed by atoms with Crippen LogP contribution in [-0.4, -0.2) is 23.4 Å². The third-order valence-corrected chi connectivity index (χ3v) is 4.00. The fraction of sp³-hybridized carbons (Fsp3) is 0.500. The van der Waals surface area contributed by atoms with E-state index >= 15 is 0 Å². The molecule has 0 spiro atoms. The predicted octanol–water partition coefficient (Wildman–Crippen LogP) is 4.00. The molecule has 1 aromatic carbocycles. The summed E-state index contributed by atoms with van der Waals surface area (Å²) >= 11 is 5.60. The minimum atomic E-state index is -0.349. The lowest BCUT2D eigenvalue weighted by molar-refractivity contribution is 0.181. The van der Waals surface area contributed by atoms with Crippen LogP contribution in [0.3, 0.4) is 0 Å². The predicted molar refractivity (Wildman–Crippen MR) is 70.5 cm³/mol. The quantitative estimate of drug-likeness (QED) is 0.575. The zero-order chi connectivity index (χ0) is 12.3. The van der Waals surface area contributed by atoms with Crippen molar-refractivity contribution in [1.82, 2.24) is 4.90 Å². The number of likely N-dealkylation sites (N-methyl/N-ethyl adjacent to an activating group) is 1. The average molecular weight is 252 g/mol. The molecule has 0 radical (unpaired) electrons. The van der Waals surface area contributed by atoms with Crippen LogP contribution in [0.2, 0.25) is 0 Å². The summed E-state index contributed by atoms with van der Waals surface area (Å²) in [6, 6.07) is 10.7. The molecule has 2 unspecified atom stereocenters. The summed E-state index contributed by atoms with van der Waals surface area (Å²) < 4.78 is 0. The largest absolute Gasteiger partial charge is 0.329 e. The van der Waals surface area contributed by atoms with Crippen molar-refractivity contribution >= 4 is 17.0 Å². The molecule has 2 nitrogen and oxygen atoms in total.